The second-order valence-electron chi connectivity index (χ2n) is 5.05. The highest BCUT2D eigenvalue weighted by Crippen LogP contribution is 2.23. The maximum Gasteiger partial charge on any atom is 0.235 e. The molecule has 2 aromatic carbocycles. The molecule has 0 aliphatic rings. The number of benzene rings is 2. The van der Waals surface area contributed by atoms with E-state index in [0.717, 1.165) is 16.1 Å². The van der Waals surface area contributed by atoms with Crippen LogP contribution in [0.1, 0.15) is 10.6 Å². The molecule has 0 aliphatic heterocycles. The molecule has 4 nitrogen and oxygen atoms in total. The van der Waals surface area contributed by atoms with Crippen LogP contribution in [0.3, 0.4) is 0 Å². The van der Waals surface area contributed by atoms with E-state index in [1.54, 1.807) is 28.8 Å². The zero-order chi connectivity index (χ0) is 16.5. The Bertz CT molecular complexity index is 1020. The van der Waals surface area contributed by atoms with Crippen LogP contribution in [0.4, 0.5) is 4.39 Å². The molecule has 118 valence electrons. The van der Waals surface area contributed by atoms with Gasteiger partial charge in [-0.15, -0.1) is 10.2 Å². The van der Waals surface area contributed by atoms with E-state index in [2.05, 4.69) is 15.3 Å². The van der Waals surface area contributed by atoms with Crippen LogP contribution < -0.4 is 0 Å². The van der Waals surface area contributed by atoms with E-state index >= 15 is 0 Å². The summed E-state index contributed by atoms with van der Waals surface area (Å²) in [5.74, 6) is 0.415. The normalized spacial score (nSPS) is 11.6. The molecule has 0 N–H and O–H groups in total. The van der Waals surface area contributed by atoms with Gasteiger partial charge in [0, 0.05) is 10.6 Å². The van der Waals surface area contributed by atoms with Crippen LogP contribution in [0.2, 0.25) is 5.02 Å². The molecule has 0 amide bonds. The number of nitrogens with zero attached hydrogens (tertiary/aromatic N) is 4. The van der Waals surface area contributed by atoms with Crippen molar-refractivity contribution in [2.75, 3.05) is 0 Å². The number of hydrogen-bond donors (Lipinski definition) is 0. The summed E-state index contributed by atoms with van der Waals surface area (Å²) in [4.78, 5) is 0.707. The van der Waals surface area contributed by atoms with Crippen LogP contribution in [0.5, 0.6) is 0 Å². The molecule has 0 atom stereocenters. The van der Waals surface area contributed by atoms with Crippen LogP contribution in [-0.2, 0) is 0 Å². The van der Waals surface area contributed by atoms with Crippen molar-refractivity contribution in [1.29, 1.82) is 0 Å². The lowest BCUT2D eigenvalue weighted by atomic mass is 10.2. The molecule has 0 saturated carbocycles. The van der Waals surface area contributed by atoms with Gasteiger partial charge in [-0.1, -0.05) is 41.1 Å². The molecule has 4 rings (SSSR count). The molecule has 0 bridgehead atoms. The van der Waals surface area contributed by atoms with Gasteiger partial charge in [0.15, 0.2) is 5.82 Å². The van der Waals surface area contributed by atoms with Gasteiger partial charge in [-0.05, 0) is 48.0 Å². The van der Waals surface area contributed by atoms with E-state index in [-0.39, 0.29) is 5.82 Å². The van der Waals surface area contributed by atoms with Gasteiger partial charge < -0.3 is 0 Å². The van der Waals surface area contributed by atoms with Crippen molar-refractivity contribution in [1.82, 2.24) is 19.8 Å². The Morgan fingerprint density at radius 1 is 0.958 bits per heavy atom. The van der Waals surface area contributed by atoms with Gasteiger partial charge >= 0.3 is 0 Å². The summed E-state index contributed by atoms with van der Waals surface area (Å²) in [6.07, 6.45) is 3.76. The van der Waals surface area contributed by atoms with Crippen molar-refractivity contribution in [3.8, 4) is 11.4 Å². The van der Waals surface area contributed by atoms with E-state index in [0.29, 0.717) is 15.8 Å². The Labute approximate surface area is 145 Å². The van der Waals surface area contributed by atoms with E-state index < -0.39 is 0 Å². The third-order valence-electron chi connectivity index (χ3n) is 3.40. The Morgan fingerprint density at radius 3 is 2.46 bits per heavy atom. The van der Waals surface area contributed by atoms with Crippen molar-refractivity contribution in [2.24, 2.45) is 0 Å². The average Bonchev–Trinajstić information content (AvgIpc) is 3.15. The van der Waals surface area contributed by atoms with Crippen molar-refractivity contribution in [3.05, 3.63) is 69.9 Å². The van der Waals surface area contributed by atoms with Gasteiger partial charge in [-0.25, -0.2) is 4.39 Å². The SMILES string of the molecule is Fc1ccc(/C=C/c2nn3c(-c4ccc(Cl)cc4)nnc3s2)cc1. The maximum absolute atomic E-state index is 12.9. The maximum atomic E-state index is 12.9. The van der Waals surface area contributed by atoms with Crippen molar-refractivity contribution < 1.29 is 4.39 Å². The lowest BCUT2D eigenvalue weighted by Crippen LogP contribution is -1.90. The fraction of sp³-hybridized carbons (Fsp3) is 0. The first kappa shape index (κ1) is 15.0. The molecule has 0 spiro atoms. The van der Waals surface area contributed by atoms with E-state index in [4.69, 9.17) is 11.6 Å². The second-order valence-corrected chi connectivity index (χ2v) is 6.47. The van der Waals surface area contributed by atoms with Crippen LogP contribution in [0.25, 0.3) is 28.5 Å². The van der Waals surface area contributed by atoms with Crippen molar-refractivity contribution in [2.45, 2.75) is 0 Å². The summed E-state index contributed by atoms with van der Waals surface area (Å²) in [7, 11) is 0. The molecule has 4 aromatic rings. The summed E-state index contributed by atoms with van der Waals surface area (Å²) >= 11 is 7.35. The summed E-state index contributed by atoms with van der Waals surface area (Å²) in [6.45, 7) is 0. The number of rotatable bonds is 3. The van der Waals surface area contributed by atoms with Gasteiger partial charge in [0.1, 0.15) is 10.8 Å². The van der Waals surface area contributed by atoms with Crippen molar-refractivity contribution in [3.63, 3.8) is 0 Å². The Balaban J connectivity index is 1.66. The highest BCUT2D eigenvalue weighted by Gasteiger charge is 2.12. The minimum Gasteiger partial charge on any atom is -0.207 e. The molecule has 2 heterocycles. The zero-order valence-corrected chi connectivity index (χ0v) is 13.8. The predicted molar refractivity (Wildman–Crippen MR) is 94.4 cm³/mol. The van der Waals surface area contributed by atoms with Gasteiger partial charge in [-0.3, -0.25) is 0 Å². The van der Waals surface area contributed by atoms with Crippen molar-refractivity contribution >= 4 is 40.1 Å². The lowest BCUT2D eigenvalue weighted by Gasteiger charge is -1.96. The lowest BCUT2D eigenvalue weighted by molar-refractivity contribution is 0.628. The average molecular weight is 357 g/mol. The van der Waals surface area contributed by atoms with E-state index in [9.17, 15) is 4.39 Å². The Kier molecular flexibility index (Phi) is 3.84. The van der Waals surface area contributed by atoms with Gasteiger partial charge in [0.2, 0.25) is 4.96 Å². The third kappa shape index (κ3) is 2.93. The molecule has 0 unspecified atom stereocenters. The smallest absolute Gasteiger partial charge is 0.207 e. The molecule has 24 heavy (non-hydrogen) atoms. The van der Waals surface area contributed by atoms with Crippen LogP contribution >= 0.6 is 22.9 Å². The molecule has 7 heteroatoms. The fourth-order valence-corrected chi connectivity index (χ4v) is 3.09. The first-order valence-corrected chi connectivity index (χ1v) is 8.30. The number of fused-ring (bicyclic) bond motifs is 1. The first-order valence-electron chi connectivity index (χ1n) is 7.11. The molecule has 0 fully saturated rings. The molecule has 0 saturated heterocycles. The van der Waals surface area contributed by atoms with Crippen LogP contribution in [-0.4, -0.2) is 19.8 Å². The minimum atomic E-state index is -0.251. The topological polar surface area (TPSA) is 43.1 Å². The van der Waals surface area contributed by atoms with Gasteiger partial charge in [-0.2, -0.15) is 9.61 Å². The second kappa shape index (κ2) is 6.14. The van der Waals surface area contributed by atoms with Gasteiger partial charge in [0.25, 0.3) is 0 Å². The summed E-state index contributed by atoms with van der Waals surface area (Å²) < 4.78 is 14.6. The van der Waals surface area contributed by atoms with Crippen LogP contribution in [0.15, 0.2) is 48.5 Å². The molecule has 2 aromatic heterocycles. The summed E-state index contributed by atoms with van der Waals surface area (Å²) in [5.41, 5.74) is 1.80. The molecular weight excluding hydrogens is 347 g/mol. The summed E-state index contributed by atoms with van der Waals surface area (Å²) in [5, 5.41) is 14.3. The predicted octanol–water partition coefficient (Wildman–Crippen LogP) is 4.82. The standard InChI is InChI=1S/C17H10ClFN4S/c18-13-6-4-12(5-7-13)16-20-21-17-23(16)22-15(24-17)10-3-11-1-8-14(19)9-2-11/h1-10H/b10-3+. The number of hydrogen-bond acceptors (Lipinski definition) is 4. The van der Waals surface area contributed by atoms with E-state index in [1.807, 2.05) is 24.3 Å². The number of aromatic nitrogens is 4. The van der Waals surface area contributed by atoms with E-state index in [1.165, 1.54) is 23.5 Å². The Hall–Kier alpha value is -2.57. The monoisotopic (exact) mass is 356 g/mol. The fourth-order valence-electron chi connectivity index (χ4n) is 2.22. The first-order chi connectivity index (χ1) is 11.7. The zero-order valence-electron chi connectivity index (χ0n) is 12.2. The summed E-state index contributed by atoms with van der Waals surface area (Å²) in [6, 6.07) is 13.7. The third-order valence-corrected chi connectivity index (χ3v) is 4.51. The largest absolute Gasteiger partial charge is 0.235 e. The van der Waals surface area contributed by atoms with Gasteiger partial charge in [0.05, 0.1) is 0 Å². The quantitative estimate of drug-likeness (QED) is 0.528. The highest BCUT2D eigenvalue weighted by molar-refractivity contribution is 7.17. The van der Waals surface area contributed by atoms with Crippen LogP contribution in [0, 0.1) is 5.82 Å². The highest BCUT2D eigenvalue weighted by atomic mass is 35.5. The minimum absolute atomic E-state index is 0.251. The molecule has 0 radical (unpaired) electrons. The molecule has 0 aliphatic carbocycles. The number of halogens is 2. The Morgan fingerprint density at radius 2 is 1.71 bits per heavy atom. The molecular formula is C17H10ClFN4S.